The molecule has 94 valence electrons. The second kappa shape index (κ2) is 5.14. The number of likely N-dealkylation sites (N-methyl/N-ethyl adjacent to an activating group) is 1. The smallest absolute Gasteiger partial charge is 0.273 e. The highest BCUT2D eigenvalue weighted by Gasteiger charge is 2.19. The number of rotatable bonds is 5. The lowest BCUT2D eigenvalue weighted by Gasteiger charge is -2.24. The van der Waals surface area contributed by atoms with Gasteiger partial charge < -0.3 is 10.1 Å². The van der Waals surface area contributed by atoms with Gasteiger partial charge in [-0.15, -0.1) is 0 Å². The van der Waals surface area contributed by atoms with Crippen LogP contribution in [0.4, 0.5) is 5.69 Å². The molecule has 0 radical (unpaired) electrons. The standard InChI is InChI=1S/C12H18N2O3/c1-12(2,13-3)8-9-5-6-10(14(15)16)7-11(9)17-4/h5-7,13H,8H2,1-4H3. The van der Waals surface area contributed by atoms with Gasteiger partial charge in [-0.3, -0.25) is 10.1 Å². The summed E-state index contributed by atoms with van der Waals surface area (Å²) in [4.78, 5) is 10.2. The zero-order chi connectivity index (χ0) is 13.1. The lowest BCUT2D eigenvalue weighted by atomic mass is 9.94. The molecule has 1 N–H and O–H groups in total. The fourth-order valence-corrected chi connectivity index (χ4v) is 1.56. The average Bonchev–Trinajstić information content (AvgIpc) is 2.29. The van der Waals surface area contributed by atoms with Crippen LogP contribution in [0.15, 0.2) is 18.2 Å². The fourth-order valence-electron chi connectivity index (χ4n) is 1.56. The summed E-state index contributed by atoms with van der Waals surface area (Å²) in [7, 11) is 3.41. The Hall–Kier alpha value is -1.62. The first-order chi connectivity index (χ1) is 7.89. The van der Waals surface area contributed by atoms with Gasteiger partial charge in [0.15, 0.2) is 0 Å². The molecule has 0 fully saturated rings. The van der Waals surface area contributed by atoms with E-state index in [9.17, 15) is 10.1 Å². The number of methoxy groups -OCH3 is 1. The van der Waals surface area contributed by atoms with Crippen LogP contribution < -0.4 is 10.1 Å². The van der Waals surface area contributed by atoms with Crippen LogP contribution in [0.1, 0.15) is 19.4 Å². The second-order valence-corrected chi connectivity index (χ2v) is 4.56. The summed E-state index contributed by atoms with van der Waals surface area (Å²) in [5.74, 6) is 0.558. The predicted molar refractivity (Wildman–Crippen MR) is 66.5 cm³/mol. The van der Waals surface area contributed by atoms with Crippen LogP contribution in [0, 0.1) is 10.1 Å². The number of non-ortho nitro benzene ring substituents is 1. The molecule has 0 amide bonds. The monoisotopic (exact) mass is 238 g/mol. The molecule has 1 aromatic carbocycles. The molecular weight excluding hydrogens is 220 g/mol. The first-order valence-corrected chi connectivity index (χ1v) is 5.40. The normalized spacial score (nSPS) is 11.3. The zero-order valence-electron chi connectivity index (χ0n) is 10.6. The molecule has 0 bridgehead atoms. The molecule has 0 atom stereocenters. The summed E-state index contributed by atoms with van der Waals surface area (Å²) in [6.45, 7) is 4.13. The van der Waals surface area contributed by atoms with Crippen LogP contribution in [0.2, 0.25) is 0 Å². The number of nitrogens with one attached hydrogen (secondary N) is 1. The second-order valence-electron chi connectivity index (χ2n) is 4.56. The van der Waals surface area contributed by atoms with Crippen LogP contribution in [0.3, 0.4) is 0 Å². The van der Waals surface area contributed by atoms with E-state index in [1.165, 1.54) is 19.2 Å². The van der Waals surface area contributed by atoms with Crippen molar-refractivity contribution in [3.05, 3.63) is 33.9 Å². The minimum Gasteiger partial charge on any atom is -0.496 e. The summed E-state index contributed by atoms with van der Waals surface area (Å²) in [6, 6.07) is 4.71. The molecular formula is C12H18N2O3. The van der Waals surface area contributed by atoms with E-state index < -0.39 is 4.92 Å². The van der Waals surface area contributed by atoms with E-state index in [0.717, 1.165) is 12.0 Å². The molecule has 1 rings (SSSR count). The molecule has 1 aromatic rings. The molecule has 17 heavy (non-hydrogen) atoms. The Morgan fingerprint density at radius 3 is 2.59 bits per heavy atom. The van der Waals surface area contributed by atoms with Gasteiger partial charge in [-0.1, -0.05) is 0 Å². The van der Waals surface area contributed by atoms with Crippen molar-refractivity contribution in [2.45, 2.75) is 25.8 Å². The Morgan fingerprint density at radius 2 is 2.12 bits per heavy atom. The van der Waals surface area contributed by atoms with E-state index >= 15 is 0 Å². The van der Waals surface area contributed by atoms with Crippen molar-refractivity contribution in [1.29, 1.82) is 0 Å². The number of hydrogen-bond donors (Lipinski definition) is 1. The van der Waals surface area contributed by atoms with Gasteiger partial charge in [0.2, 0.25) is 0 Å². The lowest BCUT2D eigenvalue weighted by Crippen LogP contribution is -2.38. The van der Waals surface area contributed by atoms with Crippen molar-refractivity contribution in [1.82, 2.24) is 5.32 Å². The Morgan fingerprint density at radius 1 is 1.47 bits per heavy atom. The van der Waals surface area contributed by atoms with E-state index in [0.29, 0.717) is 5.75 Å². The Bertz CT molecular complexity index is 416. The lowest BCUT2D eigenvalue weighted by molar-refractivity contribution is -0.384. The number of nitro groups is 1. The molecule has 5 heteroatoms. The quantitative estimate of drug-likeness (QED) is 0.630. The maximum atomic E-state index is 10.7. The summed E-state index contributed by atoms with van der Waals surface area (Å²) in [5, 5.41) is 13.8. The van der Waals surface area contributed by atoms with Gasteiger partial charge in [-0.05, 0) is 38.9 Å². The van der Waals surface area contributed by atoms with Gasteiger partial charge in [0.1, 0.15) is 5.75 Å². The van der Waals surface area contributed by atoms with Gasteiger partial charge in [-0.25, -0.2) is 0 Å². The Labute approximate surface area is 101 Å². The largest absolute Gasteiger partial charge is 0.496 e. The highest BCUT2D eigenvalue weighted by Crippen LogP contribution is 2.27. The van der Waals surface area contributed by atoms with Gasteiger partial charge in [-0.2, -0.15) is 0 Å². The maximum Gasteiger partial charge on any atom is 0.273 e. The zero-order valence-corrected chi connectivity index (χ0v) is 10.6. The third kappa shape index (κ3) is 3.42. The van der Waals surface area contributed by atoms with Crippen molar-refractivity contribution < 1.29 is 9.66 Å². The summed E-state index contributed by atoms with van der Waals surface area (Å²) in [5.41, 5.74) is 0.925. The molecule has 0 aliphatic rings. The molecule has 0 saturated carbocycles. The minimum atomic E-state index is -0.421. The first-order valence-electron chi connectivity index (χ1n) is 5.40. The average molecular weight is 238 g/mol. The molecule has 0 spiro atoms. The van der Waals surface area contributed by atoms with E-state index in [1.807, 2.05) is 7.05 Å². The SMILES string of the molecule is CNC(C)(C)Cc1ccc([N+](=O)[O-])cc1OC. The van der Waals surface area contributed by atoms with Crippen LogP contribution in [-0.4, -0.2) is 24.6 Å². The van der Waals surface area contributed by atoms with Crippen molar-refractivity contribution in [3.63, 3.8) is 0 Å². The molecule has 0 aliphatic carbocycles. The van der Waals surface area contributed by atoms with Crippen LogP contribution >= 0.6 is 0 Å². The van der Waals surface area contributed by atoms with Crippen LogP contribution in [0.25, 0.3) is 0 Å². The predicted octanol–water partition coefficient (Wildman–Crippen LogP) is 2.14. The van der Waals surface area contributed by atoms with Gasteiger partial charge in [0, 0.05) is 11.6 Å². The third-order valence-electron chi connectivity index (χ3n) is 2.79. The highest BCUT2D eigenvalue weighted by molar-refractivity contribution is 5.45. The number of nitro benzene ring substituents is 1. The highest BCUT2D eigenvalue weighted by atomic mass is 16.6. The molecule has 0 aromatic heterocycles. The van der Waals surface area contributed by atoms with E-state index in [4.69, 9.17) is 4.74 Å². The molecule has 0 unspecified atom stereocenters. The summed E-state index contributed by atoms with van der Waals surface area (Å²) >= 11 is 0. The Balaban J connectivity index is 3.05. The topological polar surface area (TPSA) is 64.4 Å². The molecule has 0 aliphatic heterocycles. The van der Waals surface area contributed by atoms with E-state index in [2.05, 4.69) is 19.2 Å². The summed E-state index contributed by atoms with van der Waals surface area (Å²) < 4.78 is 5.19. The van der Waals surface area contributed by atoms with Gasteiger partial charge >= 0.3 is 0 Å². The van der Waals surface area contributed by atoms with Crippen molar-refractivity contribution in [2.75, 3.05) is 14.2 Å². The molecule has 0 saturated heterocycles. The van der Waals surface area contributed by atoms with Crippen molar-refractivity contribution in [3.8, 4) is 5.75 Å². The van der Waals surface area contributed by atoms with E-state index in [-0.39, 0.29) is 11.2 Å². The number of nitrogens with zero attached hydrogens (tertiary/aromatic N) is 1. The minimum absolute atomic E-state index is 0.0489. The Kier molecular flexibility index (Phi) is 4.07. The van der Waals surface area contributed by atoms with Crippen molar-refractivity contribution in [2.24, 2.45) is 0 Å². The van der Waals surface area contributed by atoms with Crippen LogP contribution in [-0.2, 0) is 6.42 Å². The van der Waals surface area contributed by atoms with Crippen LogP contribution in [0.5, 0.6) is 5.75 Å². The molecule has 5 nitrogen and oxygen atoms in total. The molecule has 0 heterocycles. The number of hydrogen-bond acceptors (Lipinski definition) is 4. The maximum absolute atomic E-state index is 10.7. The van der Waals surface area contributed by atoms with Crippen molar-refractivity contribution >= 4 is 5.69 Å². The van der Waals surface area contributed by atoms with Gasteiger partial charge in [0.05, 0.1) is 18.1 Å². The summed E-state index contributed by atoms with van der Waals surface area (Å²) in [6.07, 6.45) is 0.741. The third-order valence-corrected chi connectivity index (χ3v) is 2.79. The first kappa shape index (κ1) is 13.4. The van der Waals surface area contributed by atoms with Gasteiger partial charge in [0.25, 0.3) is 5.69 Å². The number of ether oxygens (including phenoxy) is 1. The van der Waals surface area contributed by atoms with E-state index in [1.54, 1.807) is 6.07 Å². The fraction of sp³-hybridized carbons (Fsp3) is 0.500. The number of benzene rings is 1.